The molecule has 0 saturated carbocycles. The zero-order valence-electron chi connectivity index (χ0n) is 52.5. The SMILES string of the molecule is COc1cc(C(CC(C)=O)c2cc3c(cc2OC(C)=O)OCO3)cc(OC)c1OC.COc1cc(C(c2cc3c(cc2O)OCO3)C(C(C)=O)C(C)=O)cc(OC)c1OC.COc1cc(C2c3cc4c(cc3OC(C)(O)C2C(C)=O)OCO4)cc(OC)c1OC. The number of phenols is 1. The number of ketones is 4. The van der Waals surface area contributed by atoms with Gasteiger partial charge in [-0.25, -0.2) is 0 Å². The normalized spacial score (nSPS) is 16.6. The average molecular weight is 1250 g/mol. The Bertz CT molecular complexity index is 3610. The third kappa shape index (κ3) is 13.5. The van der Waals surface area contributed by atoms with Gasteiger partial charge >= 0.3 is 5.97 Å². The lowest BCUT2D eigenvalue weighted by Crippen LogP contribution is -2.50. The van der Waals surface area contributed by atoms with Crippen molar-refractivity contribution in [2.24, 2.45) is 11.8 Å². The van der Waals surface area contributed by atoms with Crippen molar-refractivity contribution >= 4 is 29.1 Å². The lowest BCUT2D eigenvalue weighted by atomic mass is 9.72. The average Bonchev–Trinajstić information content (AvgIpc) is 1.76. The number of hydrogen-bond donors (Lipinski definition) is 2. The van der Waals surface area contributed by atoms with Gasteiger partial charge in [0.2, 0.25) is 43.4 Å². The Hall–Kier alpha value is -9.97. The number of hydrogen-bond acceptors (Lipinski definition) is 24. The molecule has 5 atom stereocenters. The Morgan fingerprint density at radius 3 is 1.30 bits per heavy atom. The Morgan fingerprint density at radius 2 is 0.889 bits per heavy atom. The summed E-state index contributed by atoms with van der Waals surface area (Å²) < 4.78 is 92.8. The summed E-state index contributed by atoms with van der Waals surface area (Å²) in [6.45, 7) is 8.62. The number of carbonyl (C=O) groups excluding carboxylic acids is 5. The highest BCUT2D eigenvalue weighted by Crippen LogP contribution is 2.55. The van der Waals surface area contributed by atoms with Gasteiger partial charge in [0.1, 0.15) is 40.4 Å². The van der Waals surface area contributed by atoms with E-state index in [1.165, 1.54) is 112 Å². The topological polar surface area (TPSA) is 283 Å². The fourth-order valence-corrected chi connectivity index (χ4v) is 11.5. The van der Waals surface area contributed by atoms with Crippen molar-refractivity contribution in [3.05, 3.63) is 106 Å². The molecule has 0 aliphatic carbocycles. The molecule has 6 aromatic carbocycles. The number of ether oxygens (including phenoxy) is 17. The van der Waals surface area contributed by atoms with Crippen LogP contribution in [0.4, 0.5) is 0 Å². The van der Waals surface area contributed by atoms with Gasteiger partial charge in [-0.3, -0.25) is 24.0 Å². The summed E-state index contributed by atoms with van der Waals surface area (Å²) in [5.41, 5.74) is 3.62. The number of Topliss-reactive ketones (excluding diaryl/α,β-unsaturated/α-hetero) is 4. The van der Waals surface area contributed by atoms with Crippen molar-refractivity contribution < 1.29 is 115 Å². The summed E-state index contributed by atoms with van der Waals surface area (Å²) in [4.78, 5) is 61.6. The van der Waals surface area contributed by atoms with Gasteiger partial charge in [0.05, 0.1) is 75.8 Å². The van der Waals surface area contributed by atoms with Crippen LogP contribution in [0.25, 0.3) is 0 Å². The van der Waals surface area contributed by atoms with Crippen LogP contribution in [0, 0.1) is 11.8 Å². The first-order valence-electron chi connectivity index (χ1n) is 28.0. The first kappa shape index (κ1) is 66.0. The predicted molar refractivity (Wildman–Crippen MR) is 320 cm³/mol. The minimum absolute atomic E-state index is 0.0237. The molecule has 0 spiro atoms. The molecular weight excluding hydrogens is 1180 g/mol. The number of rotatable bonds is 21. The molecule has 0 bridgehead atoms. The Labute approximate surface area is 519 Å². The predicted octanol–water partition coefficient (Wildman–Crippen LogP) is 9.43. The van der Waals surface area contributed by atoms with Crippen molar-refractivity contribution in [2.45, 2.75) is 71.5 Å². The van der Waals surface area contributed by atoms with Gasteiger partial charge in [-0.2, -0.15) is 0 Å². The van der Waals surface area contributed by atoms with Gasteiger partial charge in [-0.15, -0.1) is 0 Å². The fraction of sp³-hybridized carbons (Fsp3) is 0.379. The molecular formula is C66H72O24. The molecule has 4 heterocycles. The summed E-state index contributed by atoms with van der Waals surface area (Å²) in [7, 11) is 13.6. The number of benzene rings is 6. The first-order valence-corrected chi connectivity index (χ1v) is 28.0. The van der Waals surface area contributed by atoms with Gasteiger partial charge < -0.3 is 90.7 Å². The second-order valence-corrected chi connectivity index (χ2v) is 21.1. The van der Waals surface area contributed by atoms with Crippen LogP contribution < -0.4 is 80.5 Å². The van der Waals surface area contributed by atoms with E-state index < -0.39 is 41.3 Å². The standard InChI is InChI=1S/3C22H24O8/c1-11(23)20-19(12-6-17(25-3)21(27-5)18(7-12)26-4)13-8-15-16(29-10-28-15)9-14(13)30-22(20,2)24;1-12(23)6-15(14-7-20(25-3)22(27-5)21(8-14)26-4)16-9-18-19(29-11-28-18)10-17(16)30-13(2)24;1-11(23)20(12(2)24)21(14-8-16-17(9-15(14)25)30-10-29-16)13-6-18(26-3)22(28-5)19(7-13)27-4/h6-9,19-20,24H,10H2,1-5H3;7-10,15H,6,11H2,1-5H3;6-9,20-21,25H,10H2,1-5H3. The molecule has 24 heteroatoms. The number of aliphatic hydroxyl groups is 1. The van der Waals surface area contributed by atoms with Crippen molar-refractivity contribution in [2.75, 3.05) is 84.4 Å². The number of methoxy groups -OCH3 is 9. The Morgan fingerprint density at radius 1 is 0.489 bits per heavy atom. The minimum atomic E-state index is -1.74. The monoisotopic (exact) mass is 1250 g/mol. The second kappa shape index (κ2) is 28.0. The van der Waals surface area contributed by atoms with Gasteiger partial charge in [0.25, 0.3) is 0 Å². The molecule has 10 rings (SSSR count). The molecule has 90 heavy (non-hydrogen) atoms. The number of fused-ring (bicyclic) bond motifs is 4. The summed E-state index contributed by atoms with van der Waals surface area (Å²) in [5, 5.41) is 21.8. The molecule has 0 amide bonds. The summed E-state index contributed by atoms with van der Waals surface area (Å²) in [6, 6.07) is 20.2. The smallest absolute Gasteiger partial charge is 0.308 e. The van der Waals surface area contributed by atoms with Gasteiger partial charge in [0, 0.05) is 72.9 Å². The summed E-state index contributed by atoms with van der Waals surface area (Å²) >= 11 is 0. The number of aromatic hydroxyl groups is 1. The maximum atomic E-state index is 12.7. The molecule has 0 aromatic heterocycles. The Balaban J connectivity index is 0.000000174. The molecule has 0 saturated heterocycles. The molecule has 24 nitrogen and oxygen atoms in total. The number of esters is 1. The lowest BCUT2D eigenvalue weighted by Gasteiger charge is -2.42. The van der Waals surface area contributed by atoms with E-state index in [-0.39, 0.29) is 55.7 Å². The minimum Gasteiger partial charge on any atom is -0.508 e. The van der Waals surface area contributed by atoms with E-state index in [2.05, 4.69) is 0 Å². The van der Waals surface area contributed by atoms with Crippen molar-refractivity contribution in [3.63, 3.8) is 0 Å². The molecule has 0 radical (unpaired) electrons. The van der Waals surface area contributed by atoms with E-state index in [0.717, 1.165) is 5.56 Å². The highest BCUT2D eigenvalue weighted by molar-refractivity contribution is 6.02. The van der Waals surface area contributed by atoms with E-state index in [9.17, 15) is 34.2 Å². The van der Waals surface area contributed by atoms with E-state index in [4.69, 9.17) is 80.5 Å². The molecule has 4 aliphatic rings. The molecule has 480 valence electrons. The van der Waals surface area contributed by atoms with Crippen LogP contribution in [0.2, 0.25) is 0 Å². The van der Waals surface area contributed by atoms with E-state index in [1.54, 1.807) is 66.7 Å². The maximum absolute atomic E-state index is 12.7. The highest BCUT2D eigenvalue weighted by atomic mass is 16.7. The van der Waals surface area contributed by atoms with E-state index in [1.807, 2.05) is 0 Å². The van der Waals surface area contributed by atoms with Crippen LogP contribution in [-0.4, -0.2) is 129 Å². The molecule has 2 N–H and O–H groups in total. The summed E-state index contributed by atoms with van der Waals surface area (Å²) in [5.74, 6) is 0.352. The zero-order valence-corrected chi connectivity index (χ0v) is 52.5. The van der Waals surface area contributed by atoms with Crippen molar-refractivity contribution in [3.8, 4) is 103 Å². The van der Waals surface area contributed by atoms with Crippen molar-refractivity contribution in [1.82, 2.24) is 0 Å². The third-order valence-corrected chi connectivity index (χ3v) is 15.4. The van der Waals surface area contributed by atoms with Crippen LogP contribution in [0.1, 0.15) is 99.1 Å². The molecule has 0 fully saturated rings. The van der Waals surface area contributed by atoms with E-state index >= 15 is 0 Å². The fourth-order valence-electron chi connectivity index (χ4n) is 11.5. The summed E-state index contributed by atoms with van der Waals surface area (Å²) in [6.07, 6.45) is 0.159. The molecule has 5 unspecified atom stereocenters. The molecule has 4 aliphatic heterocycles. The highest BCUT2D eigenvalue weighted by Gasteiger charge is 2.50. The zero-order chi connectivity index (χ0) is 65.5. The van der Waals surface area contributed by atoms with Crippen LogP contribution in [0.3, 0.4) is 0 Å². The van der Waals surface area contributed by atoms with Gasteiger partial charge in [-0.1, -0.05) is 0 Å². The number of phenolic OH excluding ortho intramolecular Hbond substituents is 1. The van der Waals surface area contributed by atoms with E-state index in [0.29, 0.717) is 126 Å². The van der Waals surface area contributed by atoms with Crippen LogP contribution >= 0.6 is 0 Å². The van der Waals surface area contributed by atoms with Gasteiger partial charge in [0.15, 0.2) is 69.0 Å². The Kier molecular flexibility index (Phi) is 20.6. The van der Waals surface area contributed by atoms with Gasteiger partial charge in [-0.05, 0) is 99.0 Å². The quantitative estimate of drug-likeness (QED) is 0.0385. The van der Waals surface area contributed by atoms with Crippen LogP contribution in [0.15, 0.2) is 72.8 Å². The number of carbonyl (C=O) groups is 5. The molecule has 6 aromatic rings. The maximum Gasteiger partial charge on any atom is 0.308 e. The lowest BCUT2D eigenvalue weighted by molar-refractivity contribution is -0.181. The second-order valence-electron chi connectivity index (χ2n) is 21.1. The van der Waals surface area contributed by atoms with Crippen LogP contribution in [0.5, 0.6) is 103 Å². The van der Waals surface area contributed by atoms with Crippen LogP contribution in [-0.2, 0) is 24.0 Å². The van der Waals surface area contributed by atoms with Crippen molar-refractivity contribution in [1.29, 1.82) is 0 Å². The largest absolute Gasteiger partial charge is 0.508 e. The third-order valence-electron chi connectivity index (χ3n) is 15.4. The first-order chi connectivity index (χ1) is 43.0.